The van der Waals surface area contributed by atoms with Gasteiger partial charge in [0, 0.05) is 25.4 Å². The highest BCUT2D eigenvalue weighted by Gasteiger charge is 2.39. The lowest BCUT2D eigenvalue weighted by Gasteiger charge is -2.41. The summed E-state index contributed by atoms with van der Waals surface area (Å²) in [6.07, 6.45) is -7.41. The van der Waals surface area contributed by atoms with Crippen LogP contribution in [0.25, 0.3) is 0 Å². The van der Waals surface area contributed by atoms with Gasteiger partial charge in [-0.2, -0.15) is 26.3 Å². The van der Waals surface area contributed by atoms with Gasteiger partial charge in [0.2, 0.25) is 11.8 Å². The van der Waals surface area contributed by atoms with E-state index in [2.05, 4.69) is 10.6 Å². The van der Waals surface area contributed by atoms with Crippen LogP contribution in [-0.2, 0) is 21.9 Å². The molecule has 1 unspecified atom stereocenters. The number of halogens is 6. The van der Waals surface area contributed by atoms with Crippen LogP contribution in [0.5, 0.6) is 0 Å². The summed E-state index contributed by atoms with van der Waals surface area (Å²) in [6, 6.07) is 0.840. The van der Waals surface area contributed by atoms with E-state index in [-0.39, 0.29) is 30.4 Å². The Morgan fingerprint density at radius 1 is 1.07 bits per heavy atom. The largest absolute Gasteiger partial charge is 0.418 e. The average Bonchev–Trinajstić information content (AvgIpc) is 2.63. The van der Waals surface area contributed by atoms with E-state index in [4.69, 9.17) is 0 Å². The molecule has 1 aromatic rings. The van der Waals surface area contributed by atoms with Gasteiger partial charge < -0.3 is 15.5 Å². The molecule has 0 aliphatic carbocycles. The van der Waals surface area contributed by atoms with Crippen molar-refractivity contribution in [2.24, 2.45) is 5.92 Å². The summed E-state index contributed by atoms with van der Waals surface area (Å²) in [7, 11) is 0. The number of nitrogens with one attached hydrogen (secondary N) is 2. The third kappa shape index (κ3) is 5.24. The number of anilines is 1. The van der Waals surface area contributed by atoms with Gasteiger partial charge in [0.25, 0.3) is 0 Å². The first-order chi connectivity index (χ1) is 13.9. The smallest absolute Gasteiger partial charge is 0.341 e. The molecule has 2 fully saturated rings. The second-order valence-corrected chi connectivity index (χ2v) is 7.62. The first kappa shape index (κ1) is 22.4. The molecule has 1 aromatic carbocycles. The number of carbonyl (C=O) groups is 2. The number of rotatable bonds is 4. The fourth-order valence-corrected chi connectivity index (χ4v) is 3.69. The lowest BCUT2D eigenvalue weighted by molar-refractivity contribution is -0.143. The van der Waals surface area contributed by atoms with E-state index in [9.17, 15) is 35.9 Å². The molecule has 30 heavy (non-hydrogen) atoms. The molecule has 0 saturated carbocycles. The zero-order valence-electron chi connectivity index (χ0n) is 15.9. The van der Waals surface area contributed by atoms with Crippen LogP contribution in [0.1, 0.15) is 36.8 Å². The molecule has 2 aliphatic heterocycles. The third-order valence-corrected chi connectivity index (χ3v) is 5.28. The highest BCUT2D eigenvalue weighted by molar-refractivity contribution is 5.92. The van der Waals surface area contributed by atoms with Crippen molar-refractivity contribution in [1.29, 1.82) is 0 Å². The predicted molar refractivity (Wildman–Crippen MR) is 95.4 cm³/mol. The quantitative estimate of drug-likeness (QED) is 0.707. The number of hydrogen-bond donors (Lipinski definition) is 2. The summed E-state index contributed by atoms with van der Waals surface area (Å²) in [4.78, 5) is 26.1. The van der Waals surface area contributed by atoms with Crippen LogP contribution in [0.2, 0.25) is 0 Å². The zero-order valence-corrected chi connectivity index (χ0v) is 15.9. The van der Waals surface area contributed by atoms with Gasteiger partial charge in [-0.05, 0) is 37.6 Å². The van der Waals surface area contributed by atoms with Gasteiger partial charge in [-0.1, -0.05) is 6.42 Å². The molecular formula is C19H21F6N3O2. The van der Waals surface area contributed by atoms with Gasteiger partial charge in [-0.3, -0.25) is 9.59 Å². The van der Waals surface area contributed by atoms with E-state index in [1.54, 1.807) is 4.90 Å². The predicted octanol–water partition coefficient (Wildman–Crippen LogP) is 3.65. The molecular weight excluding hydrogens is 416 g/mol. The second-order valence-electron chi connectivity index (χ2n) is 7.62. The van der Waals surface area contributed by atoms with Crippen LogP contribution in [0.4, 0.5) is 32.0 Å². The molecule has 11 heteroatoms. The maximum Gasteiger partial charge on any atom is 0.418 e. The summed E-state index contributed by atoms with van der Waals surface area (Å²) in [5.74, 6) is -0.997. The van der Waals surface area contributed by atoms with Gasteiger partial charge in [0.1, 0.15) is 0 Å². The molecule has 2 saturated heterocycles. The number of carbonyl (C=O) groups excluding carboxylic acids is 2. The number of alkyl halides is 6. The van der Waals surface area contributed by atoms with Crippen LogP contribution >= 0.6 is 0 Å². The van der Waals surface area contributed by atoms with Gasteiger partial charge in [0.15, 0.2) is 0 Å². The van der Waals surface area contributed by atoms with Crippen LogP contribution in [0, 0.1) is 5.92 Å². The summed E-state index contributed by atoms with van der Waals surface area (Å²) in [6.45, 7) is 1.41. The Morgan fingerprint density at radius 3 is 2.33 bits per heavy atom. The molecule has 2 amide bonds. The maximum atomic E-state index is 13.2. The minimum absolute atomic E-state index is 0.0173. The molecule has 166 valence electrons. The zero-order chi connectivity index (χ0) is 22.1. The Kier molecular flexibility index (Phi) is 6.30. The lowest BCUT2D eigenvalue weighted by Crippen LogP contribution is -2.57. The van der Waals surface area contributed by atoms with Gasteiger partial charge in [-0.15, -0.1) is 0 Å². The first-order valence-electron chi connectivity index (χ1n) is 9.55. The minimum atomic E-state index is -5.06. The first-order valence-corrected chi connectivity index (χ1v) is 9.55. The number of nitrogens with zero attached hydrogens (tertiary/aromatic N) is 1. The fourth-order valence-electron chi connectivity index (χ4n) is 3.69. The van der Waals surface area contributed by atoms with Crippen molar-refractivity contribution in [3.8, 4) is 0 Å². The van der Waals surface area contributed by atoms with Gasteiger partial charge in [0.05, 0.1) is 22.9 Å². The average molecular weight is 437 g/mol. The number of hydrogen-bond acceptors (Lipinski definition) is 3. The topological polar surface area (TPSA) is 61.4 Å². The Labute approximate surface area is 168 Å². The highest BCUT2D eigenvalue weighted by atomic mass is 19.4. The third-order valence-electron chi connectivity index (χ3n) is 5.28. The molecule has 0 spiro atoms. The molecule has 0 bridgehead atoms. The van der Waals surface area contributed by atoms with Crippen LogP contribution in [0.15, 0.2) is 18.2 Å². The van der Waals surface area contributed by atoms with Crippen molar-refractivity contribution in [3.63, 3.8) is 0 Å². The van der Waals surface area contributed by atoms with Crippen molar-refractivity contribution >= 4 is 17.5 Å². The normalized spacial score (nSPS) is 20.6. The fraction of sp³-hybridized carbons (Fsp3) is 0.579. The van der Waals surface area contributed by atoms with E-state index < -0.39 is 35.1 Å². The van der Waals surface area contributed by atoms with Crippen molar-refractivity contribution in [2.75, 3.05) is 25.0 Å². The number of piperidine rings is 1. The Bertz CT molecular complexity index is 796. The van der Waals surface area contributed by atoms with Crippen molar-refractivity contribution in [3.05, 3.63) is 29.3 Å². The van der Waals surface area contributed by atoms with Crippen LogP contribution < -0.4 is 10.6 Å². The van der Waals surface area contributed by atoms with E-state index in [1.165, 1.54) is 0 Å². The Morgan fingerprint density at radius 2 is 1.77 bits per heavy atom. The van der Waals surface area contributed by atoms with Gasteiger partial charge >= 0.3 is 12.4 Å². The Hall–Kier alpha value is -2.30. The van der Waals surface area contributed by atoms with E-state index in [1.807, 2.05) is 0 Å². The number of likely N-dealkylation sites (tertiary alicyclic amines) is 1. The molecule has 3 rings (SSSR count). The van der Waals surface area contributed by atoms with Crippen molar-refractivity contribution < 1.29 is 35.9 Å². The molecule has 0 radical (unpaired) electrons. The van der Waals surface area contributed by atoms with Crippen molar-refractivity contribution in [2.45, 2.75) is 44.1 Å². The van der Waals surface area contributed by atoms with Crippen LogP contribution in [-0.4, -0.2) is 42.4 Å². The van der Waals surface area contributed by atoms with E-state index >= 15 is 0 Å². The SMILES string of the molecule is O=C(CC1CN(C(=O)C2CCCCN2)C1)Nc1ccc(C(F)(F)F)cc1C(F)(F)F. The molecule has 2 aliphatic rings. The maximum absolute atomic E-state index is 13.2. The summed E-state index contributed by atoms with van der Waals surface area (Å²) < 4.78 is 77.6. The monoisotopic (exact) mass is 437 g/mol. The number of amides is 2. The Balaban J connectivity index is 1.57. The molecule has 2 heterocycles. The molecule has 1 atom stereocenters. The lowest BCUT2D eigenvalue weighted by atomic mass is 9.93. The molecule has 2 N–H and O–H groups in total. The van der Waals surface area contributed by atoms with E-state index in [0.717, 1.165) is 25.8 Å². The standard InChI is InChI=1S/C19H21F6N3O2/c20-18(21,22)12-4-5-14(13(8-12)19(23,24)25)27-16(29)7-11-9-28(10-11)17(30)15-3-1-2-6-26-15/h4-5,8,11,15,26H,1-3,6-7,9-10H2,(H,27,29). The van der Waals surface area contributed by atoms with Gasteiger partial charge in [-0.25, -0.2) is 0 Å². The molecule has 0 aromatic heterocycles. The summed E-state index contributed by atoms with van der Waals surface area (Å²) >= 11 is 0. The highest BCUT2D eigenvalue weighted by Crippen LogP contribution is 2.39. The summed E-state index contributed by atoms with van der Waals surface area (Å²) in [5.41, 5.74) is -3.73. The molecule has 5 nitrogen and oxygen atoms in total. The van der Waals surface area contributed by atoms with E-state index in [0.29, 0.717) is 25.2 Å². The van der Waals surface area contributed by atoms with Crippen molar-refractivity contribution in [1.82, 2.24) is 10.2 Å². The second kappa shape index (κ2) is 8.44. The number of benzene rings is 1. The summed E-state index contributed by atoms with van der Waals surface area (Å²) in [5, 5.41) is 5.19. The van der Waals surface area contributed by atoms with Crippen LogP contribution in [0.3, 0.4) is 0 Å². The minimum Gasteiger partial charge on any atom is -0.341 e.